The Balaban J connectivity index is 1.55. The van der Waals surface area contributed by atoms with Gasteiger partial charge in [0.05, 0.1) is 25.4 Å². The lowest BCUT2D eigenvalue weighted by Gasteiger charge is -2.44. The molecule has 3 atom stereocenters. The van der Waals surface area contributed by atoms with Crippen LogP contribution in [0.15, 0.2) is 18.5 Å². The monoisotopic (exact) mass is 265 g/mol. The molecule has 0 aromatic carbocycles. The molecule has 2 aliphatic rings. The molecular weight excluding hydrogens is 242 g/mol. The second-order valence-corrected chi connectivity index (χ2v) is 5.64. The molecule has 1 aliphatic heterocycles. The minimum atomic E-state index is -0.361. The van der Waals surface area contributed by atoms with E-state index >= 15 is 0 Å². The minimum Gasteiger partial charge on any atom is -0.390 e. The van der Waals surface area contributed by atoms with Gasteiger partial charge in [-0.15, -0.1) is 0 Å². The molecule has 1 saturated heterocycles. The van der Waals surface area contributed by atoms with Crippen LogP contribution < -0.4 is 0 Å². The van der Waals surface area contributed by atoms with Crippen molar-refractivity contribution < 1.29 is 9.84 Å². The highest BCUT2D eigenvalue weighted by Crippen LogP contribution is 2.28. The average molecular weight is 265 g/mol. The van der Waals surface area contributed by atoms with Gasteiger partial charge in [-0.2, -0.15) is 5.10 Å². The number of aliphatic hydroxyl groups is 1. The summed E-state index contributed by atoms with van der Waals surface area (Å²) in [7, 11) is 0. The number of hydrogen-bond donors (Lipinski definition) is 1. The second kappa shape index (κ2) is 6.03. The van der Waals surface area contributed by atoms with Crippen molar-refractivity contribution in [2.24, 2.45) is 0 Å². The molecular formula is C14H23N3O2. The maximum absolute atomic E-state index is 10.2. The summed E-state index contributed by atoms with van der Waals surface area (Å²) in [6.07, 6.45) is 8.63. The molecule has 0 unspecified atom stereocenters. The van der Waals surface area contributed by atoms with Crippen LogP contribution in [-0.2, 0) is 11.3 Å². The van der Waals surface area contributed by atoms with Crippen molar-refractivity contribution >= 4 is 0 Å². The van der Waals surface area contributed by atoms with Crippen LogP contribution in [0.5, 0.6) is 0 Å². The Labute approximate surface area is 114 Å². The van der Waals surface area contributed by atoms with Crippen molar-refractivity contribution in [3.63, 3.8) is 0 Å². The van der Waals surface area contributed by atoms with E-state index in [2.05, 4.69) is 10.00 Å². The third kappa shape index (κ3) is 3.16. The molecule has 1 N–H and O–H groups in total. The molecule has 5 nitrogen and oxygen atoms in total. The maximum atomic E-state index is 10.2. The molecule has 3 rings (SSSR count). The first-order valence-electron chi connectivity index (χ1n) is 7.34. The third-order valence-corrected chi connectivity index (χ3v) is 4.25. The summed E-state index contributed by atoms with van der Waals surface area (Å²) in [5.74, 6) is 0. The number of nitrogens with zero attached hydrogens (tertiary/aromatic N) is 3. The van der Waals surface area contributed by atoms with Gasteiger partial charge < -0.3 is 9.84 Å². The summed E-state index contributed by atoms with van der Waals surface area (Å²) in [6.45, 7) is 3.04. The van der Waals surface area contributed by atoms with Crippen molar-refractivity contribution in [2.75, 3.05) is 19.7 Å². The highest BCUT2D eigenvalue weighted by Gasteiger charge is 2.34. The summed E-state index contributed by atoms with van der Waals surface area (Å²) in [4.78, 5) is 2.42. The smallest absolute Gasteiger partial charge is 0.0862 e. The van der Waals surface area contributed by atoms with Gasteiger partial charge >= 0.3 is 0 Å². The van der Waals surface area contributed by atoms with Gasteiger partial charge in [-0.3, -0.25) is 9.58 Å². The molecule has 0 bridgehead atoms. The summed E-state index contributed by atoms with van der Waals surface area (Å²) >= 11 is 0. The fourth-order valence-electron chi connectivity index (χ4n) is 3.36. The Morgan fingerprint density at radius 2 is 2.21 bits per heavy atom. The van der Waals surface area contributed by atoms with E-state index in [4.69, 9.17) is 4.74 Å². The van der Waals surface area contributed by atoms with Crippen LogP contribution in [-0.4, -0.2) is 57.7 Å². The Bertz CT molecular complexity index is 380. The molecule has 5 heteroatoms. The molecule has 1 aromatic rings. The minimum absolute atomic E-state index is 0.361. The maximum Gasteiger partial charge on any atom is 0.0862 e. The van der Waals surface area contributed by atoms with Crippen molar-refractivity contribution in [1.29, 1.82) is 0 Å². The van der Waals surface area contributed by atoms with Gasteiger partial charge in [0, 0.05) is 31.5 Å². The second-order valence-electron chi connectivity index (χ2n) is 5.64. The van der Waals surface area contributed by atoms with E-state index in [0.717, 1.165) is 19.7 Å². The van der Waals surface area contributed by atoms with Crippen LogP contribution in [0.3, 0.4) is 0 Å². The van der Waals surface area contributed by atoms with Crippen LogP contribution in [0.25, 0.3) is 0 Å². The number of morpholine rings is 1. The van der Waals surface area contributed by atoms with E-state index in [0.29, 0.717) is 18.7 Å². The molecule has 106 valence electrons. The lowest BCUT2D eigenvalue weighted by molar-refractivity contribution is -0.0981. The van der Waals surface area contributed by atoms with Crippen LogP contribution in [0, 0.1) is 0 Å². The van der Waals surface area contributed by atoms with E-state index in [1.807, 2.05) is 12.3 Å². The fourth-order valence-corrected chi connectivity index (χ4v) is 3.36. The molecule has 19 heavy (non-hydrogen) atoms. The predicted molar refractivity (Wildman–Crippen MR) is 71.8 cm³/mol. The molecule has 2 fully saturated rings. The van der Waals surface area contributed by atoms with Crippen molar-refractivity contribution in [2.45, 2.75) is 50.5 Å². The molecule has 1 aromatic heterocycles. The molecule has 0 radical (unpaired) electrons. The van der Waals surface area contributed by atoms with Crippen LogP contribution in [0.4, 0.5) is 0 Å². The number of rotatable bonds is 4. The number of ether oxygens (including phenoxy) is 1. The van der Waals surface area contributed by atoms with E-state index in [-0.39, 0.29) is 6.10 Å². The SMILES string of the molecule is O[C@H](CN1CCO[C@@H]2CCCC[C@@H]21)Cn1cccn1. The average Bonchev–Trinajstić information content (AvgIpc) is 2.92. The summed E-state index contributed by atoms with van der Waals surface area (Å²) in [5, 5.41) is 14.4. The number of fused-ring (bicyclic) bond motifs is 1. The zero-order valence-electron chi connectivity index (χ0n) is 11.3. The number of hydrogen-bond acceptors (Lipinski definition) is 4. The largest absolute Gasteiger partial charge is 0.390 e. The number of β-amino-alcohol motifs (C(OH)–C–C–N with tert-alkyl or cyclic N) is 1. The highest BCUT2D eigenvalue weighted by atomic mass is 16.5. The van der Waals surface area contributed by atoms with E-state index in [1.54, 1.807) is 10.9 Å². The summed E-state index contributed by atoms with van der Waals surface area (Å²) < 4.78 is 7.65. The van der Waals surface area contributed by atoms with Gasteiger partial charge in [0.15, 0.2) is 0 Å². The fraction of sp³-hybridized carbons (Fsp3) is 0.786. The van der Waals surface area contributed by atoms with Gasteiger partial charge in [0.1, 0.15) is 0 Å². The normalized spacial score (nSPS) is 29.9. The number of aliphatic hydroxyl groups excluding tert-OH is 1. The number of aromatic nitrogens is 2. The first kappa shape index (κ1) is 13.1. The Kier molecular flexibility index (Phi) is 4.15. The first-order valence-corrected chi connectivity index (χ1v) is 7.34. The van der Waals surface area contributed by atoms with E-state index in [9.17, 15) is 5.11 Å². The van der Waals surface area contributed by atoms with Crippen molar-refractivity contribution in [3.8, 4) is 0 Å². The van der Waals surface area contributed by atoms with Crippen LogP contribution in [0.2, 0.25) is 0 Å². The lowest BCUT2D eigenvalue weighted by atomic mass is 9.90. The molecule has 0 spiro atoms. The quantitative estimate of drug-likeness (QED) is 0.878. The first-order chi connectivity index (χ1) is 9.33. The van der Waals surface area contributed by atoms with Gasteiger partial charge in [0.2, 0.25) is 0 Å². The van der Waals surface area contributed by atoms with Gasteiger partial charge in [-0.25, -0.2) is 0 Å². The highest BCUT2D eigenvalue weighted by molar-refractivity contribution is 4.88. The van der Waals surface area contributed by atoms with Gasteiger partial charge in [-0.05, 0) is 18.9 Å². The Morgan fingerprint density at radius 1 is 1.32 bits per heavy atom. The predicted octanol–water partition coefficient (Wildman–Crippen LogP) is 0.887. The molecule has 2 heterocycles. The standard InChI is InChI=1S/C14H23N3O2/c18-12(11-17-7-3-6-15-17)10-16-8-9-19-14-5-2-1-4-13(14)16/h3,6-7,12-14,18H,1-2,4-5,8-11H2/t12-,13+,14-/m1/s1. The van der Waals surface area contributed by atoms with E-state index < -0.39 is 0 Å². The van der Waals surface area contributed by atoms with Crippen molar-refractivity contribution in [1.82, 2.24) is 14.7 Å². The lowest BCUT2D eigenvalue weighted by Crippen LogP contribution is -2.54. The van der Waals surface area contributed by atoms with Gasteiger partial charge in [0.25, 0.3) is 0 Å². The topological polar surface area (TPSA) is 50.5 Å². The molecule has 0 amide bonds. The summed E-state index contributed by atoms with van der Waals surface area (Å²) in [6, 6.07) is 2.40. The molecule has 1 saturated carbocycles. The van der Waals surface area contributed by atoms with Gasteiger partial charge in [-0.1, -0.05) is 12.8 Å². The summed E-state index contributed by atoms with van der Waals surface area (Å²) in [5.41, 5.74) is 0. The third-order valence-electron chi connectivity index (χ3n) is 4.25. The molecule has 1 aliphatic carbocycles. The van der Waals surface area contributed by atoms with E-state index in [1.165, 1.54) is 25.7 Å². The zero-order valence-corrected chi connectivity index (χ0v) is 11.3. The van der Waals surface area contributed by atoms with Crippen LogP contribution in [0.1, 0.15) is 25.7 Å². The zero-order chi connectivity index (χ0) is 13.1. The van der Waals surface area contributed by atoms with Crippen LogP contribution >= 0.6 is 0 Å². The van der Waals surface area contributed by atoms with Crippen molar-refractivity contribution in [3.05, 3.63) is 18.5 Å². The Morgan fingerprint density at radius 3 is 3.05 bits per heavy atom. The Hall–Kier alpha value is -0.910.